The van der Waals surface area contributed by atoms with E-state index in [9.17, 15) is 0 Å². The van der Waals surface area contributed by atoms with E-state index < -0.39 is 0 Å². The summed E-state index contributed by atoms with van der Waals surface area (Å²) in [5.41, 5.74) is 8.04. The summed E-state index contributed by atoms with van der Waals surface area (Å²) in [7, 11) is 0. The van der Waals surface area contributed by atoms with E-state index in [4.69, 9.17) is 4.42 Å². The molecule has 2 heteroatoms. The molecule has 0 saturated carbocycles. The summed E-state index contributed by atoms with van der Waals surface area (Å²) in [6.07, 6.45) is 3.62. The minimum Gasteiger partial charge on any atom is -0.491 e. The van der Waals surface area contributed by atoms with Gasteiger partial charge in [0.25, 0.3) is 0 Å². The zero-order valence-corrected chi connectivity index (χ0v) is 19.1. The Morgan fingerprint density at radius 3 is 2.17 bits per heavy atom. The van der Waals surface area contributed by atoms with Crippen LogP contribution in [0.5, 0.6) is 0 Å². The first-order valence-electron chi connectivity index (χ1n) is 10.3. The van der Waals surface area contributed by atoms with Crippen LogP contribution in [-0.2, 0) is 39.0 Å². The van der Waals surface area contributed by atoms with E-state index in [1.165, 1.54) is 52.3 Å². The monoisotopic (exact) mass is 463 g/mol. The number of rotatable bonds is 3. The van der Waals surface area contributed by atoms with Crippen molar-refractivity contribution in [3.63, 3.8) is 0 Å². The van der Waals surface area contributed by atoms with Crippen LogP contribution in [0.15, 0.2) is 95.4 Å². The zero-order valence-electron chi connectivity index (χ0n) is 16.7. The number of hydrogen-bond donors (Lipinski definition) is 0. The Kier molecular flexibility index (Phi) is 5.13. The van der Waals surface area contributed by atoms with E-state index >= 15 is 0 Å². The fraction of sp³-hybridized carbons (Fsp3) is 0.107. The second kappa shape index (κ2) is 7.93. The summed E-state index contributed by atoms with van der Waals surface area (Å²) in [6, 6.07) is 32.3. The Hall–Kier alpha value is -2.57. The molecule has 30 heavy (non-hydrogen) atoms. The van der Waals surface area contributed by atoms with Crippen LogP contribution in [0.3, 0.4) is 0 Å². The molecule has 1 aliphatic carbocycles. The fourth-order valence-corrected chi connectivity index (χ4v) is 4.75. The van der Waals surface area contributed by atoms with Gasteiger partial charge in [-0.3, -0.25) is 0 Å². The number of fused-ring (bicyclic) bond motifs is 2. The molecule has 0 atom stereocenters. The van der Waals surface area contributed by atoms with E-state index in [0.717, 1.165) is 22.6 Å². The minimum atomic E-state index is 0. The van der Waals surface area contributed by atoms with E-state index in [0.29, 0.717) is 0 Å². The van der Waals surface area contributed by atoms with Gasteiger partial charge in [-0.05, 0) is 42.5 Å². The van der Waals surface area contributed by atoms with Gasteiger partial charge < -0.3 is 4.42 Å². The van der Waals surface area contributed by atoms with Gasteiger partial charge in [-0.2, -0.15) is 0 Å². The molecule has 1 aliphatic rings. The van der Waals surface area contributed by atoms with Gasteiger partial charge in [-0.1, -0.05) is 77.4 Å². The van der Waals surface area contributed by atoms with Crippen molar-refractivity contribution in [2.24, 2.45) is 0 Å². The number of aryl methyl sites for hydroxylation is 1. The molecular weight excluding hydrogens is 444 g/mol. The third kappa shape index (κ3) is 3.24. The van der Waals surface area contributed by atoms with Crippen molar-refractivity contribution in [3.05, 3.63) is 102 Å². The van der Waals surface area contributed by atoms with Crippen LogP contribution >= 0.6 is 0 Å². The van der Waals surface area contributed by atoms with Crippen LogP contribution in [0.25, 0.3) is 44.5 Å². The summed E-state index contributed by atoms with van der Waals surface area (Å²) in [4.78, 5) is 0. The van der Waals surface area contributed by atoms with Crippen molar-refractivity contribution in [2.75, 3.05) is 0 Å². The van der Waals surface area contributed by atoms with Crippen LogP contribution in [0.1, 0.15) is 17.5 Å². The van der Waals surface area contributed by atoms with Gasteiger partial charge in [0.1, 0.15) is 5.76 Å². The molecule has 0 unspecified atom stereocenters. The Morgan fingerprint density at radius 2 is 1.40 bits per heavy atom. The maximum atomic E-state index is 6.23. The topological polar surface area (TPSA) is 13.1 Å². The van der Waals surface area contributed by atoms with E-state index in [-0.39, 0.29) is 26.2 Å². The second-order valence-corrected chi connectivity index (χ2v) is 7.89. The van der Waals surface area contributed by atoms with E-state index in [2.05, 4.69) is 72.8 Å². The SMILES string of the molecule is [Zr].c1ccc(-c2ccc(-c3cc4c(-c5ccccc5)c5c(cc4[cH-]3)CCC5)o2)cc1. The molecule has 0 aliphatic heterocycles. The molecule has 0 spiro atoms. The predicted molar refractivity (Wildman–Crippen MR) is 120 cm³/mol. The Balaban J connectivity index is 0.00000193. The standard InChI is InChI=1S/C28H21O.Zr/c1-3-8-19(9-4-1)26-14-15-27(29-26)23-17-22-16-21-12-7-13-24(21)28(25(22)18-23)20-10-5-2-6-11-20;/h1-6,8-11,14-18H,7,12-13H2;/q-1;. The molecule has 1 aromatic heterocycles. The summed E-state index contributed by atoms with van der Waals surface area (Å²) < 4.78 is 6.23. The van der Waals surface area contributed by atoms with Crippen LogP contribution in [0.2, 0.25) is 0 Å². The van der Waals surface area contributed by atoms with Gasteiger partial charge in [0.05, 0.1) is 5.76 Å². The maximum Gasteiger partial charge on any atom is 0.123 e. The molecule has 6 rings (SSSR count). The first kappa shape index (κ1) is 19.4. The zero-order chi connectivity index (χ0) is 19.2. The molecule has 0 fully saturated rings. The molecule has 0 saturated heterocycles. The second-order valence-electron chi connectivity index (χ2n) is 7.89. The molecule has 4 aromatic carbocycles. The minimum absolute atomic E-state index is 0. The molecule has 1 nitrogen and oxygen atoms in total. The maximum absolute atomic E-state index is 6.23. The first-order chi connectivity index (χ1) is 14.4. The molecular formula is C28H21OZr-. The number of hydrogen-bond acceptors (Lipinski definition) is 1. The van der Waals surface area contributed by atoms with Crippen LogP contribution in [0, 0.1) is 0 Å². The van der Waals surface area contributed by atoms with Crippen LogP contribution in [-0.4, -0.2) is 0 Å². The van der Waals surface area contributed by atoms with Gasteiger partial charge in [0.15, 0.2) is 0 Å². The van der Waals surface area contributed by atoms with Gasteiger partial charge in [-0.15, -0.1) is 29.0 Å². The molecule has 1 heterocycles. The van der Waals surface area contributed by atoms with Crippen molar-refractivity contribution in [2.45, 2.75) is 19.3 Å². The summed E-state index contributed by atoms with van der Waals surface area (Å²) in [5.74, 6) is 1.84. The van der Waals surface area contributed by atoms with E-state index in [1.54, 1.807) is 0 Å². The van der Waals surface area contributed by atoms with Gasteiger partial charge in [0.2, 0.25) is 0 Å². The van der Waals surface area contributed by atoms with Crippen molar-refractivity contribution in [1.29, 1.82) is 0 Å². The first-order valence-corrected chi connectivity index (χ1v) is 10.3. The van der Waals surface area contributed by atoms with Crippen LogP contribution in [0.4, 0.5) is 0 Å². The third-order valence-electron chi connectivity index (χ3n) is 6.09. The molecule has 5 aromatic rings. The van der Waals surface area contributed by atoms with Crippen molar-refractivity contribution in [3.8, 4) is 33.8 Å². The summed E-state index contributed by atoms with van der Waals surface area (Å²) in [5, 5.41) is 2.65. The molecule has 0 amide bonds. The fourth-order valence-electron chi connectivity index (χ4n) is 4.75. The average Bonchev–Trinajstić information content (AvgIpc) is 3.52. The average molecular weight is 465 g/mol. The quantitative estimate of drug-likeness (QED) is 0.250. The Labute approximate surface area is 195 Å². The number of furan rings is 1. The van der Waals surface area contributed by atoms with Crippen molar-refractivity contribution >= 4 is 10.8 Å². The molecule has 0 radical (unpaired) electrons. The van der Waals surface area contributed by atoms with Crippen molar-refractivity contribution in [1.82, 2.24) is 0 Å². The van der Waals surface area contributed by atoms with Gasteiger partial charge in [0, 0.05) is 31.8 Å². The number of benzene rings is 3. The smallest absolute Gasteiger partial charge is 0.123 e. The van der Waals surface area contributed by atoms with Crippen LogP contribution < -0.4 is 0 Å². The summed E-state index contributed by atoms with van der Waals surface area (Å²) >= 11 is 0. The van der Waals surface area contributed by atoms with Gasteiger partial charge in [-0.25, -0.2) is 0 Å². The third-order valence-corrected chi connectivity index (χ3v) is 6.09. The normalized spacial score (nSPS) is 12.7. The Morgan fingerprint density at radius 1 is 0.700 bits per heavy atom. The largest absolute Gasteiger partial charge is 0.491 e. The Bertz CT molecular complexity index is 1310. The van der Waals surface area contributed by atoms with E-state index in [1.807, 2.05) is 18.2 Å². The molecule has 0 bridgehead atoms. The van der Waals surface area contributed by atoms with Crippen molar-refractivity contribution < 1.29 is 30.6 Å². The predicted octanol–water partition coefficient (Wildman–Crippen LogP) is 7.64. The summed E-state index contributed by atoms with van der Waals surface area (Å²) in [6.45, 7) is 0. The van der Waals surface area contributed by atoms with Gasteiger partial charge >= 0.3 is 0 Å². The molecule has 0 N–H and O–H groups in total. The molecule has 144 valence electrons.